The number of hydrogen-bond donors (Lipinski definition) is 1. The first-order valence-electron chi connectivity index (χ1n) is 3.76. The van der Waals surface area contributed by atoms with Crippen LogP contribution in [0.2, 0.25) is 0 Å². The molecule has 0 spiro atoms. The molecule has 6 heteroatoms. The molecule has 0 fully saturated rings. The minimum absolute atomic E-state index is 0.0919. The van der Waals surface area contributed by atoms with E-state index in [4.69, 9.17) is 5.11 Å². The lowest BCUT2D eigenvalue weighted by Crippen LogP contribution is -2.03. The van der Waals surface area contributed by atoms with Gasteiger partial charge in [0, 0.05) is 11.6 Å². The molecule has 2 aromatic rings. The van der Waals surface area contributed by atoms with Crippen molar-refractivity contribution in [3.8, 4) is 0 Å². The highest BCUT2D eigenvalue weighted by molar-refractivity contribution is 7.09. The van der Waals surface area contributed by atoms with Crippen molar-refractivity contribution in [2.45, 2.75) is 13.2 Å². The Morgan fingerprint density at radius 2 is 2.46 bits per heavy atom. The monoisotopic (exact) mass is 196 g/mol. The van der Waals surface area contributed by atoms with Gasteiger partial charge < -0.3 is 9.67 Å². The first-order chi connectivity index (χ1) is 6.40. The maximum Gasteiger partial charge on any atom is 0.158 e. The molecule has 0 aromatic carbocycles. The highest BCUT2D eigenvalue weighted by Gasteiger charge is 2.03. The Morgan fingerprint density at radius 1 is 1.54 bits per heavy atom. The molecule has 2 rings (SSSR count). The average molecular weight is 196 g/mol. The highest BCUT2D eigenvalue weighted by atomic mass is 32.1. The van der Waals surface area contributed by atoms with Crippen LogP contribution in [0.25, 0.3) is 0 Å². The van der Waals surface area contributed by atoms with E-state index in [0.29, 0.717) is 12.4 Å². The Bertz CT molecular complexity index is 370. The molecule has 13 heavy (non-hydrogen) atoms. The summed E-state index contributed by atoms with van der Waals surface area (Å²) in [5.74, 6) is 0.565. The highest BCUT2D eigenvalue weighted by Crippen LogP contribution is 2.07. The summed E-state index contributed by atoms with van der Waals surface area (Å²) in [7, 11) is 0. The van der Waals surface area contributed by atoms with Gasteiger partial charge in [0.25, 0.3) is 0 Å². The standard InChI is InChI=1S/C7H8N4OS/c12-4-6-10-9-5-11(6)3-7-8-1-2-13-7/h1-2,5,12H,3-4H2. The first-order valence-corrected chi connectivity index (χ1v) is 4.64. The molecular weight excluding hydrogens is 188 g/mol. The number of aliphatic hydroxyl groups is 1. The fraction of sp³-hybridized carbons (Fsp3) is 0.286. The van der Waals surface area contributed by atoms with E-state index >= 15 is 0 Å². The second kappa shape index (κ2) is 3.63. The molecule has 0 aliphatic heterocycles. The van der Waals surface area contributed by atoms with Crippen LogP contribution in [0.1, 0.15) is 10.8 Å². The van der Waals surface area contributed by atoms with E-state index in [1.165, 1.54) is 0 Å². The fourth-order valence-electron chi connectivity index (χ4n) is 1.01. The molecule has 0 saturated carbocycles. The maximum absolute atomic E-state index is 8.90. The summed E-state index contributed by atoms with van der Waals surface area (Å²) in [6.07, 6.45) is 3.34. The van der Waals surface area contributed by atoms with E-state index in [9.17, 15) is 0 Å². The number of aliphatic hydroxyl groups excluding tert-OH is 1. The van der Waals surface area contributed by atoms with Gasteiger partial charge in [0.2, 0.25) is 0 Å². The van der Waals surface area contributed by atoms with Crippen molar-refractivity contribution in [3.05, 3.63) is 28.7 Å². The molecule has 0 unspecified atom stereocenters. The molecule has 2 aromatic heterocycles. The SMILES string of the molecule is OCc1nncn1Cc1nccs1. The molecule has 1 N–H and O–H groups in total. The summed E-state index contributed by atoms with van der Waals surface area (Å²) in [5, 5.41) is 19.2. The van der Waals surface area contributed by atoms with Gasteiger partial charge >= 0.3 is 0 Å². The second-order valence-electron chi connectivity index (χ2n) is 2.46. The van der Waals surface area contributed by atoms with Crippen molar-refractivity contribution in [2.24, 2.45) is 0 Å². The number of rotatable bonds is 3. The maximum atomic E-state index is 8.90. The van der Waals surface area contributed by atoms with Gasteiger partial charge in [0.05, 0.1) is 6.54 Å². The molecule has 0 bridgehead atoms. The third-order valence-electron chi connectivity index (χ3n) is 1.63. The predicted octanol–water partition coefficient (Wildman–Crippen LogP) is 0.275. The third-order valence-corrected chi connectivity index (χ3v) is 2.39. The molecule has 0 aliphatic carbocycles. The Morgan fingerprint density at radius 3 is 3.15 bits per heavy atom. The van der Waals surface area contributed by atoms with Crippen molar-refractivity contribution < 1.29 is 5.11 Å². The molecule has 0 aliphatic rings. The van der Waals surface area contributed by atoms with Gasteiger partial charge in [-0.15, -0.1) is 21.5 Å². The minimum atomic E-state index is -0.0919. The molecule has 0 radical (unpaired) electrons. The summed E-state index contributed by atoms with van der Waals surface area (Å²) in [5.41, 5.74) is 0. The lowest BCUT2D eigenvalue weighted by molar-refractivity contribution is 0.265. The zero-order valence-corrected chi connectivity index (χ0v) is 7.61. The zero-order chi connectivity index (χ0) is 9.10. The lowest BCUT2D eigenvalue weighted by Gasteiger charge is -2.00. The van der Waals surface area contributed by atoms with Crippen LogP contribution in [0, 0.1) is 0 Å². The van der Waals surface area contributed by atoms with E-state index in [2.05, 4.69) is 15.2 Å². The normalized spacial score (nSPS) is 10.5. The van der Waals surface area contributed by atoms with E-state index in [1.54, 1.807) is 28.4 Å². The summed E-state index contributed by atoms with van der Waals surface area (Å²) < 4.78 is 1.78. The van der Waals surface area contributed by atoms with Crippen LogP contribution in [0.4, 0.5) is 0 Å². The molecule has 0 saturated heterocycles. The van der Waals surface area contributed by atoms with E-state index in [1.807, 2.05) is 5.38 Å². The van der Waals surface area contributed by atoms with Crippen molar-refractivity contribution >= 4 is 11.3 Å². The Kier molecular flexibility index (Phi) is 2.33. The first kappa shape index (κ1) is 8.33. The van der Waals surface area contributed by atoms with E-state index in [0.717, 1.165) is 5.01 Å². The van der Waals surface area contributed by atoms with Crippen molar-refractivity contribution in [1.29, 1.82) is 0 Å². The van der Waals surface area contributed by atoms with Crippen LogP contribution in [0.15, 0.2) is 17.9 Å². The smallest absolute Gasteiger partial charge is 0.158 e. The van der Waals surface area contributed by atoms with Gasteiger partial charge in [-0.1, -0.05) is 0 Å². The number of aromatic nitrogens is 4. The number of nitrogens with zero attached hydrogens (tertiary/aromatic N) is 4. The van der Waals surface area contributed by atoms with Crippen LogP contribution in [0.5, 0.6) is 0 Å². The lowest BCUT2D eigenvalue weighted by atomic mass is 10.6. The summed E-state index contributed by atoms with van der Waals surface area (Å²) in [6.45, 7) is 0.534. The Labute approximate surface area is 78.7 Å². The van der Waals surface area contributed by atoms with Gasteiger partial charge in [-0.3, -0.25) is 0 Å². The van der Waals surface area contributed by atoms with Gasteiger partial charge in [-0.05, 0) is 0 Å². The Balaban J connectivity index is 2.18. The van der Waals surface area contributed by atoms with Crippen LogP contribution in [-0.4, -0.2) is 24.9 Å². The quantitative estimate of drug-likeness (QED) is 0.765. The predicted molar refractivity (Wildman–Crippen MR) is 47.2 cm³/mol. The van der Waals surface area contributed by atoms with Gasteiger partial charge in [-0.2, -0.15) is 0 Å². The van der Waals surface area contributed by atoms with Crippen LogP contribution < -0.4 is 0 Å². The topological polar surface area (TPSA) is 63.8 Å². The van der Waals surface area contributed by atoms with Crippen LogP contribution in [0.3, 0.4) is 0 Å². The van der Waals surface area contributed by atoms with Crippen molar-refractivity contribution in [3.63, 3.8) is 0 Å². The van der Waals surface area contributed by atoms with Gasteiger partial charge in [0.15, 0.2) is 5.82 Å². The fourth-order valence-corrected chi connectivity index (χ4v) is 1.62. The number of thiazole rings is 1. The molecule has 2 heterocycles. The molecule has 0 amide bonds. The van der Waals surface area contributed by atoms with E-state index < -0.39 is 0 Å². The molecule has 68 valence electrons. The van der Waals surface area contributed by atoms with Crippen LogP contribution >= 0.6 is 11.3 Å². The zero-order valence-electron chi connectivity index (χ0n) is 6.79. The van der Waals surface area contributed by atoms with E-state index in [-0.39, 0.29) is 6.61 Å². The van der Waals surface area contributed by atoms with Gasteiger partial charge in [0.1, 0.15) is 17.9 Å². The molecular formula is C7H8N4OS. The largest absolute Gasteiger partial charge is 0.388 e. The molecule has 5 nitrogen and oxygen atoms in total. The van der Waals surface area contributed by atoms with Gasteiger partial charge in [-0.25, -0.2) is 4.98 Å². The average Bonchev–Trinajstić information content (AvgIpc) is 2.76. The summed E-state index contributed by atoms with van der Waals surface area (Å²) >= 11 is 1.57. The summed E-state index contributed by atoms with van der Waals surface area (Å²) in [4.78, 5) is 4.13. The van der Waals surface area contributed by atoms with Crippen molar-refractivity contribution in [1.82, 2.24) is 19.7 Å². The number of hydrogen-bond acceptors (Lipinski definition) is 5. The second-order valence-corrected chi connectivity index (χ2v) is 3.44. The Hall–Kier alpha value is -1.27. The summed E-state index contributed by atoms with van der Waals surface area (Å²) in [6, 6.07) is 0. The molecule has 0 atom stereocenters. The van der Waals surface area contributed by atoms with Crippen LogP contribution in [-0.2, 0) is 13.2 Å². The third kappa shape index (κ3) is 1.73. The van der Waals surface area contributed by atoms with Crippen molar-refractivity contribution in [2.75, 3.05) is 0 Å². The minimum Gasteiger partial charge on any atom is -0.388 e.